The summed E-state index contributed by atoms with van der Waals surface area (Å²) < 4.78 is 0. The zero-order valence-corrected chi connectivity index (χ0v) is 8.44. The van der Waals surface area contributed by atoms with E-state index in [0.717, 1.165) is 0 Å². The van der Waals surface area contributed by atoms with E-state index in [0.29, 0.717) is 0 Å². The molecule has 0 fully saturated rings. The van der Waals surface area contributed by atoms with Crippen molar-refractivity contribution in [3.8, 4) is 0 Å². The van der Waals surface area contributed by atoms with Gasteiger partial charge in [0.25, 0.3) is 0 Å². The zero-order valence-electron chi connectivity index (χ0n) is 5.48. The minimum Gasteiger partial charge on any atom is -0.522 e. The van der Waals surface area contributed by atoms with Crippen molar-refractivity contribution in [3.63, 3.8) is 0 Å². The van der Waals surface area contributed by atoms with E-state index >= 15 is 0 Å². The van der Waals surface area contributed by atoms with Crippen molar-refractivity contribution in [1.82, 2.24) is 4.90 Å². The van der Waals surface area contributed by atoms with Crippen LogP contribution in [0.15, 0.2) is 13.2 Å². The van der Waals surface area contributed by atoms with Crippen molar-refractivity contribution in [3.05, 3.63) is 13.2 Å². The van der Waals surface area contributed by atoms with Gasteiger partial charge in [-0.15, -0.1) is 13.2 Å². The molecular formula is C5H10NOZn-. The van der Waals surface area contributed by atoms with E-state index in [1.165, 1.54) is 4.90 Å². The fraction of sp³-hybridized carbons (Fsp3) is 0.400. The van der Waals surface area contributed by atoms with E-state index in [4.69, 9.17) is 0 Å². The zero-order chi connectivity index (χ0) is 6.28. The van der Waals surface area contributed by atoms with Crippen LogP contribution in [0.4, 0.5) is 0 Å². The molecule has 8 heavy (non-hydrogen) atoms. The Hall–Kier alpha value is -0.167. The third kappa shape index (κ3) is 40.5. The van der Waals surface area contributed by atoms with Crippen LogP contribution < -0.4 is 0 Å². The number of hydrogen-bond acceptors (Lipinski definition) is 1. The van der Waals surface area contributed by atoms with Crippen molar-refractivity contribution >= 4 is 6.41 Å². The molecule has 0 aromatic carbocycles. The number of hydrogen-bond donors (Lipinski definition) is 0. The summed E-state index contributed by atoms with van der Waals surface area (Å²) in [6.07, 6.45) is 1.61. The average molecular weight is 166 g/mol. The topological polar surface area (TPSA) is 20.3 Å². The fourth-order valence-corrected chi connectivity index (χ4v) is 0. The van der Waals surface area contributed by atoms with Gasteiger partial charge in [0.1, 0.15) is 0 Å². The summed E-state index contributed by atoms with van der Waals surface area (Å²) in [5, 5.41) is 0. The Morgan fingerprint density at radius 1 is 1.38 bits per heavy atom. The maximum atomic E-state index is 9.31. The standard InChI is InChI=1S/C3H6NO.C2H4.Zn/c1-4(2)3-5;1-2;/h1-2H3;1-2H2;/q-1;;. The van der Waals surface area contributed by atoms with Crippen LogP contribution in [0.25, 0.3) is 0 Å². The van der Waals surface area contributed by atoms with Gasteiger partial charge in [0.05, 0.1) is 0 Å². The average Bonchev–Trinajstić information content (AvgIpc) is 1.73. The van der Waals surface area contributed by atoms with E-state index in [-0.39, 0.29) is 19.5 Å². The van der Waals surface area contributed by atoms with Crippen molar-refractivity contribution in [1.29, 1.82) is 0 Å². The summed E-state index contributed by atoms with van der Waals surface area (Å²) in [6.45, 7) is 6.00. The molecule has 0 aromatic rings. The largest absolute Gasteiger partial charge is 0.522 e. The summed E-state index contributed by atoms with van der Waals surface area (Å²) in [6, 6.07) is 0. The third-order valence-corrected chi connectivity index (χ3v) is 0.183. The summed E-state index contributed by atoms with van der Waals surface area (Å²) in [4.78, 5) is 10.6. The van der Waals surface area contributed by atoms with Crippen molar-refractivity contribution in [2.45, 2.75) is 0 Å². The minimum atomic E-state index is 0. The molecule has 0 spiro atoms. The molecule has 0 unspecified atom stereocenters. The van der Waals surface area contributed by atoms with Crippen LogP contribution in [0.2, 0.25) is 0 Å². The second kappa shape index (κ2) is 15.8. The van der Waals surface area contributed by atoms with Crippen molar-refractivity contribution < 1.29 is 24.3 Å². The molecule has 2 nitrogen and oxygen atoms in total. The van der Waals surface area contributed by atoms with E-state index in [1.807, 2.05) is 0 Å². The van der Waals surface area contributed by atoms with E-state index in [2.05, 4.69) is 13.2 Å². The Morgan fingerprint density at radius 2 is 1.50 bits per heavy atom. The van der Waals surface area contributed by atoms with Gasteiger partial charge >= 0.3 is 0 Å². The Labute approximate surface area is 63.3 Å². The van der Waals surface area contributed by atoms with Gasteiger partial charge in [-0.1, -0.05) is 0 Å². The molecule has 0 heterocycles. The van der Waals surface area contributed by atoms with Gasteiger partial charge in [-0.25, -0.2) is 0 Å². The predicted molar refractivity (Wildman–Crippen MR) is 30.6 cm³/mol. The van der Waals surface area contributed by atoms with Crippen LogP contribution in [0.3, 0.4) is 0 Å². The molecule has 0 N–H and O–H groups in total. The molecule has 0 aliphatic heterocycles. The SMILES string of the molecule is C=C.CN(C)[C-]=O.[Zn]. The summed E-state index contributed by atoms with van der Waals surface area (Å²) in [5.41, 5.74) is 0. The van der Waals surface area contributed by atoms with E-state index in [1.54, 1.807) is 20.5 Å². The summed E-state index contributed by atoms with van der Waals surface area (Å²) >= 11 is 0. The second-order valence-corrected chi connectivity index (χ2v) is 0.986. The first-order valence-electron chi connectivity index (χ1n) is 1.82. The number of carbonyl (C=O) groups excluding carboxylic acids is 1. The number of nitrogens with zero attached hydrogens (tertiary/aromatic N) is 1. The molecular weight excluding hydrogens is 155 g/mol. The first kappa shape index (κ1) is 15.7. The van der Waals surface area contributed by atoms with Gasteiger partial charge in [0.2, 0.25) is 0 Å². The van der Waals surface area contributed by atoms with Crippen LogP contribution in [-0.4, -0.2) is 25.4 Å². The van der Waals surface area contributed by atoms with E-state index in [9.17, 15) is 4.79 Å². The Bertz CT molecular complexity index is 47.7. The third-order valence-electron chi connectivity index (χ3n) is 0.183. The smallest absolute Gasteiger partial charge is 0 e. The summed E-state index contributed by atoms with van der Waals surface area (Å²) in [5.74, 6) is 0. The quantitative estimate of drug-likeness (QED) is 0.239. The monoisotopic (exact) mass is 164 g/mol. The molecule has 3 heteroatoms. The number of rotatable bonds is 1. The van der Waals surface area contributed by atoms with Crippen LogP contribution in [-0.2, 0) is 24.3 Å². The molecule has 0 aromatic heterocycles. The first-order chi connectivity index (χ1) is 3.27. The molecule has 0 radical (unpaired) electrons. The van der Waals surface area contributed by atoms with Gasteiger partial charge in [-0.2, -0.15) is 6.41 Å². The predicted octanol–water partition coefficient (Wildman–Crippen LogP) is 0.415. The van der Waals surface area contributed by atoms with Crippen molar-refractivity contribution in [2.24, 2.45) is 0 Å². The van der Waals surface area contributed by atoms with E-state index < -0.39 is 0 Å². The van der Waals surface area contributed by atoms with Gasteiger partial charge < -0.3 is 9.69 Å². The fourth-order valence-electron chi connectivity index (χ4n) is 0. The van der Waals surface area contributed by atoms with Gasteiger partial charge in [-0.3, -0.25) is 0 Å². The molecule has 0 rings (SSSR count). The molecule has 0 aliphatic carbocycles. The van der Waals surface area contributed by atoms with Crippen LogP contribution >= 0.6 is 0 Å². The van der Waals surface area contributed by atoms with Gasteiger partial charge in [0.15, 0.2) is 0 Å². The maximum absolute atomic E-state index is 9.31. The molecule has 0 bridgehead atoms. The Kier molecular flexibility index (Phi) is 31.0. The van der Waals surface area contributed by atoms with Crippen LogP contribution in [0.1, 0.15) is 0 Å². The molecule has 44 valence electrons. The Morgan fingerprint density at radius 3 is 1.50 bits per heavy atom. The molecule has 0 saturated carbocycles. The molecule has 1 amide bonds. The molecule has 0 aliphatic rings. The minimum absolute atomic E-state index is 0. The van der Waals surface area contributed by atoms with Crippen molar-refractivity contribution in [2.75, 3.05) is 14.1 Å². The second-order valence-electron chi connectivity index (χ2n) is 0.986. The van der Waals surface area contributed by atoms with Gasteiger partial charge in [0, 0.05) is 19.5 Å². The molecule has 0 saturated heterocycles. The normalized spacial score (nSPS) is 4.75. The van der Waals surface area contributed by atoms with Gasteiger partial charge in [-0.05, 0) is 14.1 Å². The summed E-state index contributed by atoms with van der Waals surface area (Å²) in [7, 11) is 3.26. The van der Waals surface area contributed by atoms with Crippen LogP contribution in [0, 0.1) is 0 Å². The Balaban J connectivity index is -0.0000000750. The molecule has 0 atom stereocenters. The first-order valence-corrected chi connectivity index (χ1v) is 1.82. The van der Waals surface area contributed by atoms with Crippen LogP contribution in [0.5, 0.6) is 0 Å². The maximum Gasteiger partial charge on any atom is 0 e. The number of amides is 1.